The van der Waals surface area contributed by atoms with Crippen LogP contribution in [0.1, 0.15) is 15.9 Å². The molecule has 4 aromatic rings. The van der Waals surface area contributed by atoms with Crippen LogP contribution in [0, 0.1) is 0 Å². The Morgan fingerprint density at radius 1 is 1.11 bits per heavy atom. The summed E-state index contributed by atoms with van der Waals surface area (Å²) in [7, 11) is 0. The summed E-state index contributed by atoms with van der Waals surface area (Å²) >= 11 is 9.39. The Morgan fingerprint density at radius 3 is 2.61 bits per heavy atom. The van der Waals surface area contributed by atoms with E-state index < -0.39 is 5.91 Å². The highest BCUT2D eigenvalue weighted by Gasteiger charge is 2.17. The molecule has 4 rings (SSSR count). The highest BCUT2D eigenvalue weighted by molar-refractivity contribution is 7.98. The van der Waals surface area contributed by atoms with Crippen LogP contribution in [0.4, 0.5) is 0 Å². The summed E-state index contributed by atoms with van der Waals surface area (Å²) in [5.74, 6) is 1.03. The number of benzene rings is 2. The zero-order valence-corrected chi connectivity index (χ0v) is 17.0. The largest absolute Gasteiger partial charge is 0.366 e. The minimum Gasteiger partial charge on any atom is -0.366 e. The van der Waals surface area contributed by atoms with E-state index in [9.17, 15) is 4.79 Å². The Hall–Kier alpha value is -2.61. The normalized spacial score (nSPS) is 10.9. The quantitative estimate of drug-likeness (QED) is 0.438. The molecule has 0 spiro atoms. The van der Waals surface area contributed by atoms with Crippen molar-refractivity contribution in [2.24, 2.45) is 5.73 Å². The van der Waals surface area contributed by atoms with E-state index in [0.29, 0.717) is 16.3 Å². The second kappa shape index (κ2) is 8.18. The fourth-order valence-corrected chi connectivity index (χ4v) is 4.48. The maximum Gasteiger partial charge on any atom is 0.248 e. The van der Waals surface area contributed by atoms with Gasteiger partial charge in [0.2, 0.25) is 5.91 Å². The molecule has 28 heavy (non-hydrogen) atoms. The van der Waals surface area contributed by atoms with Crippen molar-refractivity contribution < 1.29 is 4.79 Å². The molecule has 140 valence electrons. The van der Waals surface area contributed by atoms with Crippen molar-refractivity contribution in [2.45, 2.75) is 10.9 Å². The van der Waals surface area contributed by atoms with E-state index in [0.717, 1.165) is 27.1 Å². The predicted octanol–water partition coefficient (Wildman–Crippen LogP) is 5.04. The van der Waals surface area contributed by atoms with Crippen molar-refractivity contribution >= 4 is 40.6 Å². The smallest absolute Gasteiger partial charge is 0.248 e. The van der Waals surface area contributed by atoms with Gasteiger partial charge >= 0.3 is 0 Å². The number of hydrogen-bond donors (Lipinski definition) is 1. The average Bonchev–Trinajstić information content (AvgIpc) is 3.36. The van der Waals surface area contributed by atoms with Crippen molar-refractivity contribution in [3.05, 3.63) is 82.2 Å². The van der Waals surface area contributed by atoms with Crippen LogP contribution in [0.3, 0.4) is 0 Å². The van der Waals surface area contributed by atoms with Gasteiger partial charge in [-0.3, -0.25) is 9.36 Å². The zero-order valence-electron chi connectivity index (χ0n) is 14.6. The van der Waals surface area contributed by atoms with Gasteiger partial charge in [0.1, 0.15) is 0 Å². The monoisotopic (exact) mass is 426 g/mol. The van der Waals surface area contributed by atoms with Crippen LogP contribution in [0.2, 0.25) is 5.02 Å². The van der Waals surface area contributed by atoms with Crippen LogP contribution in [0.25, 0.3) is 16.4 Å². The molecule has 2 aromatic carbocycles. The number of primary amides is 1. The van der Waals surface area contributed by atoms with Crippen LogP contribution < -0.4 is 5.73 Å². The molecule has 5 nitrogen and oxygen atoms in total. The third-order valence-electron chi connectivity index (χ3n) is 4.05. The summed E-state index contributed by atoms with van der Waals surface area (Å²) < 4.78 is 2.01. The van der Waals surface area contributed by atoms with Crippen LogP contribution in [-0.2, 0) is 5.75 Å². The van der Waals surface area contributed by atoms with Crippen LogP contribution in [-0.4, -0.2) is 20.7 Å². The van der Waals surface area contributed by atoms with Crippen LogP contribution >= 0.6 is 34.7 Å². The lowest BCUT2D eigenvalue weighted by molar-refractivity contribution is 0.100. The summed E-state index contributed by atoms with van der Waals surface area (Å²) in [6.07, 6.45) is 0. The molecule has 0 radical (unpaired) electrons. The molecule has 0 saturated heterocycles. The minimum atomic E-state index is -0.430. The number of nitrogens with zero attached hydrogens (tertiary/aromatic N) is 3. The van der Waals surface area contributed by atoms with Crippen molar-refractivity contribution in [1.82, 2.24) is 14.8 Å². The molecule has 0 saturated carbocycles. The van der Waals surface area contributed by atoms with Crippen molar-refractivity contribution in [3.63, 3.8) is 0 Å². The first kappa shape index (κ1) is 18.7. The standard InChI is InChI=1S/C20H15ClN4OS2/c21-15-3-1-4-16(11-15)25-19(17-5-2-10-27-17)23-24-20(25)28-12-13-6-8-14(9-7-13)18(22)26/h1-11H,12H2,(H2,22,26). The fraction of sp³-hybridized carbons (Fsp3) is 0.0500. The molecule has 0 fully saturated rings. The number of amides is 1. The van der Waals surface area contributed by atoms with Crippen molar-refractivity contribution in [1.29, 1.82) is 0 Å². The van der Waals surface area contributed by atoms with Gasteiger partial charge in [0, 0.05) is 16.3 Å². The number of aromatic nitrogens is 3. The van der Waals surface area contributed by atoms with E-state index in [1.165, 1.54) is 0 Å². The predicted molar refractivity (Wildman–Crippen MR) is 114 cm³/mol. The highest BCUT2D eigenvalue weighted by Crippen LogP contribution is 2.32. The number of rotatable bonds is 6. The maximum atomic E-state index is 11.2. The molecule has 8 heteroatoms. The van der Waals surface area contributed by atoms with Gasteiger partial charge in [0.25, 0.3) is 0 Å². The van der Waals surface area contributed by atoms with Gasteiger partial charge in [0.15, 0.2) is 11.0 Å². The molecule has 0 aliphatic carbocycles. The molecular formula is C20H15ClN4OS2. The molecule has 0 bridgehead atoms. The van der Waals surface area contributed by atoms with E-state index in [1.807, 2.05) is 58.5 Å². The number of thiophene rings is 1. The first-order valence-electron chi connectivity index (χ1n) is 8.38. The first-order valence-corrected chi connectivity index (χ1v) is 10.6. The van der Waals surface area contributed by atoms with Crippen LogP contribution in [0.15, 0.2) is 71.2 Å². The Kier molecular flexibility index (Phi) is 5.47. The van der Waals surface area contributed by atoms with Gasteiger partial charge in [-0.2, -0.15) is 0 Å². The molecule has 0 aliphatic rings. The van der Waals surface area contributed by atoms with Crippen molar-refractivity contribution in [2.75, 3.05) is 0 Å². The summed E-state index contributed by atoms with van der Waals surface area (Å²) in [4.78, 5) is 12.3. The molecule has 0 aliphatic heterocycles. The van der Waals surface area contributed by atoms with Gasteiger partial charge in [-0.15, -0.1) is 21.5 Å². The van der Waals surface area contributed by atoms with E-state index >= 15 is 0 Å². The van der Waals surface area contributed by atoms with E-state index in [-0.39, 0.29) is 0 Å². The number of carbonyl (C=O) groups is 1. The highest BCUT2D eigenvalue weighted by atomic mass is 35.5. The lowest BCUT2D eigenvalue weighted by Gasteiger charge is -2.10. The molecule has 2 aromatic heterocycles. The molecule has 0 unspecified atom stereocenters. The number of halogens is 1. The molecule has 2 N–H and O–H groups in total. The lowest BCUT2D eigenvalue weighted by Crippen LogP contribution is -2.10. The summed E-state index contributed by atoms with van der Waals surface area (Å²) in [6.45, 7) is 0. The van der Waals surface area contributed by atoms with Gasteiger partial charge < -0.3 is 5.73 Å². The number of nitrogens with two attached hydrogens (primary N) is 1. The zero-order chi connectivity index (χ0) is 19.5. The Labute approximate surface area is 175 Å². The lowest BCUT2D eigenvalue weighted by atomic mass is 10.1. The maximum absolute atomic E-state index is 11.2. The third kappa shape index (κ3) is 3.96. The van der Waals surface area contributed by atoms with E-state index in [4.69, 9.17) is 17.3 Å². The Balaban J connectivity index is 1.66. The second-order valence-electron chi connectivity index (χ2n) is 5.95. The van der Waals surface area contributed by atoms with Gasteiger partial charge in [-0.05, 0) is 47.3 Å². The molecule has 2 heterocycles. The van der Waals surface area contributed by atoms with Gasteiger partial charge in [0.05, 0.1) is 10.6 Å². The minimum absolute atomic E-state index is 0.430. The SMILES string of the molecule is NC(=O)c1ccc(CSc2nnc(-c3cccs3)n2-c2cccc(Cl)c2)cc1. The molecular weight excluding hydrogens is 412 g/mol. The Bertz CT molecular complexity index is 1110. The van der Waals surface area contributed by atoms with Gasteiger partial charge in [-0.25, -0.2) is 0 Å². The molecule has 1 amide bonds. The number of carbonyl (C=O) groups excluding carboxylic acids is 1. The summed E-state index contributed by atoms with van der Waals surface area (Å²) in [6, 6.07) is 18.9. The molecule has 0 atom stereocenters. The van der Waals surface area contributed by atoms with Gasteiger partial charge in [-0.1, -0.05) is 47.6 Å². The number of thioether (sulfide) groups is 1. The first-order chi connectivity index (χ1) is 13.6. The van der Waals surface area contributed by atoms with Crippen LogP contribution in [0.5, 0.6) is 0 Å². The Morgan fingerprint density at radius 2 is 1.93 bits per heavy atom. The fourth-order valence-electron chi connectivity index (χ4n) is 2.69. The second-order valence-corrected chi connectivity index (χ2v) is 8.28. The third-order valence-corrected chi connectivity index (χ3v) is 6.15. The van der Waals surface area contributed by atoms with E-state index in [2.05, 4.69) is 10.2 Å². The van der Waals surface area contributed by atoms with E-state index in [1.54, 1.807) is 35.2 Å². The topological polar surface area (TPSA) is 73.8 Å². The average molecular weight is 427 g/mol. The summed E-state index contributed by atoms with van der Waals surface area (Å²) in [5.41, 5.74) is 7.77. The van der Waals surface area contributed by atoms with Crippen molar-refractivity contribution in [3.8, 4) is 16.4 Å². The summed E-state index contributed by atoms with van der Waals surface area (Å²) in [5, 5.41) is 12.3. The number of hydrogen-bond acceptors (Lipinski definition) is 5.